The number of carbonyl (C=O) groups excluding carboxylic acids is 1. The number of nitrogens with one attached hydrogen (secondary N) is 1. The van der Waals surface area contributed by atoms with E-state index in [4.69, 9.17) is 16.9 Å². The number of carbonyl (C=O) groups is 1. The van der Waals surface area contributed by atoms with E-state index in [-0.39, 0.29) is 17.3 Å². The second-order valence-corrected chi connectivity index (χ2v) is 7.29. The van der Waals surface area contributed by atoms with Crippen molar-refractivity contribution >= 4 is 27.5 Å². The van der Waals surface area contributed by atoms with Crippen LogP contribution in [0.2, 0.25) is 5.02 Å². The lowest BCUT2D eigenvalue weighted by Gasteiger charge is -2.26. The SMILES string of the molecule is N#CCN(C1CCCCNC1=O)S(=O)(=O)c1ccc(Cl)cc1. The van der Waals surface area contributed by atoms with Crippen LogP contribution in [-0.2, 0) is 14.8 Å². The number of benzene rings is 1. The third kappa shape index (κ3) is 3.58. The molecule has 8 heteroatoms. The molecule has 1 amide bonds. The number of nitriles is 1. The normalized spacial score (nSPS) is 19.3. The summed E-state index contributed by atoms with van der Waals surface area (Å²) in [6, 6.07) is 6.65. The molecular weight excluding hydrogens is 326 g/mol. The second kappa shape index (κ2) is 7.09. The van der Waals surface area contributed by atoms with E-state index >= 15 is 0 Å². The summed E-state index contributed by atoms with van der Waals surface area (Å²) < 4.78 is 26.5. The van der Waals surface area contributed by atoms with Crippen molar-refractivity contribution in [1.82, 2.24) is 9.62 Å². The molecule has 0 bridgehead atoms. The fraction of sp³-hybridized carbons (Fsp3) is 0.429. The lowest BCUT2D eigenvalue weighted by atomic mass is 10.1. The highest BCUT2D eigenvalue weighted by atomic mass is 35.5. The van der Waals surface area contributed by atoms with E-state index in [0.717, 1.165) is 17.1 Å². The van der Waals surface area contributed by atoms with E-state index in [1.165, 1.54) is 24.3 Å². The van der Waals surface area contributed by atoms with Crippen molar-refractivity contribution in [1.29, 1.82) is 5.26 Å². The van der Waals surface area contributed by atoms with Crippen LogP contribution in [0.15, 0.2) is 29.2 Å². The highest BCUT2D eigenvalue weighted by molar-refractivity contribution is 7.89. The van der Waals surface area contributed by atoms with Crippen LogP contribution in [0.5, 0.6) is 0 Å². The van der Waals surface area contributed by atoms with Gasteiger partial charge in [-0.1, -0.05) is 11.6 Å². The summed E-state index contributed by atoms with van der Waals surface area (Å²) in [6.07, 6.45) is 1.92. The highest BCUT2D eigenvalue weighted by Gasteiger charge is 2.36. The zero-order chi connectivity index (χ0) is 16.2. The molecule has 118 valence electrons. The van der Waals surface area contributed by atoms with Gasteiger partial charge in [-0.25, -0.2) is 8.42 Å². The maximum Gasteiger partial charge on any atom is 0.244 e. The van der Waals surface area contributed by atoms with Crippen LogP contribution in [0.25, 0.3) is 0 Å². The third-order valence-corrected chi connectivity index (χ3v) is 5.62. The van der Waals surface area contributed by atoms with Gasteiger partial charge in [-0.2, -0.15) is 9.57 Å². The Balaban J connectivity index is 2.39. The average Bonchev–Trinajstić information content (AvgIpc) is 2.70. The quantitative estimate of drug-likeness (QED) is 0.841. The van der Waals surface area contributed by atoms with Crippen molar-refractivity contribution in [3.63, 3.8) is 0 Å². The molecule has 0 aliphatic carbocycles. The summed E-state index contributed by atoms with van der Waals surface area (Å²) in [7, 11) is -3.94. The lowest BCUT2D eigenvalue weighted by Crippen LogP contribution is -2.48. The highest BCUT2D eigenvalue weighted by Crippen LogP contribution is 2.23. The van der Waals surface area contributed by atoms with E-state index in [1.54, 1.807) is 0 Å². The number of sulfonamides is 1. The van der Waals surface area contributed by atoms with Crippen molar-refractivity contribution in [3.8, 4) is 6.07 Å². The van der Waals surface area contributed by atoms with Gasteiger partial charge in [-0.3, -0.25) is 4.79 Å². The summed E-state index contributed by atoms with van der Waals surface area (Å²) in [6.45, 7) is 0.153. The van der Waals surface area contributed by atoms with E-state index in [1.807, 2.05) is 6.07 Å². The molecule has 1 unspecified atom stereocenters. The van der Waals surface area contributed by atoms with Crippen molar-refractivity contribution in [2.45, 2.75) is 30.2 Å². The topological polar surface area (TPSA) is 90.3 Å². The molecule has 1 aliphatic rings. The van der Waals surface area contributed by atoms with Crippen LogP contribution < -0.4 is 5.32 Å². The number of halogens is 1. The van der Waals surface area contributed by atoms with Gasteiger partial charge in [0.15, 0.2) is 0 Å². The second-order valence-electron chi connectivity index (χ2n) is 4.96. The first-order valence-corrected chi connectivity index (χ1v) is 8.70. The molecule has 1 aliphatic heterocycles. The fourth-order valence-corrected chi connectivity index (χ4v) is 4.01. The summed E-state index contributed by atoms with van der Waals surface area (Å²) >= 11 is 5.77. The monoisotopic (exact) mass is 341 g/mol. The van der Waals surface area contributed by atoms with Gasteiger partial charge in [0.2, 0.25) is 15.9 Å². The molecule has 1 saturated heterocycles. The van der Waals surface area contributed by atoms with Crippen LogP contribution in [0.3, 0.4) is 0 Å². The molecule has 6 nitrogen and oxygen atoms in total. The Bertz CT molecular complexity index is 682. The Kier molecular flexibility index (Phi) is 5.40. The smallest absolute Gasteiger partial charge is 0.244 e. The molecule has 1 aromatic rings. The van der Waals surface area contributed by atoms with Gasteiger partial charge in [-0.15, -0.1) is 0 Å². The molecule has 1 aromatic carbocycles. The lowest BCUT2D eigenvalue weighted by molar-refractivity contribution is -0.124. The van der Waals surface area contributed by atoms with Crippen LogP contribution in [0, 0.1) is 11.3 Å². The van der Waals surface area contributed by atoms with E-state index < -0.39 is 16.1 Å². The fourth-order valence-electron chi connectivity index (χ4n) is 2.37. The third-order valence-electron chi connectivity index (χ3n) is 3.50. The Morgan fingerprint density at radius 3 is 2.64 bits per heavy atom. The Labute approximate surface area is 134 Å². The van der Waals surface area contributed by atoms with Crippen molar-refractivity contribution in [2.75, 3.05) is 13.1 Å². The molecule has 0 saturated carbocycles. The molecule has 1 atom stereocenters. The molecule has 1 fully saturated rings. The summed E-state index contributed by atoms with van der Waals surface area (Å²) in [5.41, 5.74) is 0. The summed E-state index contributed by atoms with van der Waals surface area (Å²) in [4.78, 5) is 12.1. The molecule has 1 heterocycles. The molecule has 22 heavy (non-hydrogen) atoms. The molecular formula is C14H16ClN3O3S. The van der Waals surface area contributed by atoms with E-state index in [2.05, 4.69) is 5.32 Å². The predicted octanol–water partition coefficient (Wildman–Crippen LogP) is 1.52. The Morgan fingerprint density at radius 1 is 1.32 bits per heavy atom. The number of amides is 1. The number of nitrogens with zero attached hydrogens (tertiary/aromatic N) is 2. The first-order chi connectivity index (χ1) is 10.5. The van der Waals surface area contributed by atoms with Gasteiger partial charge in [0, 0.05) is 11.6 Å². The molecule has 2 rings (SSSR count). The minimum Gasteiger partial charge on any atom is -0.355 e. The average molecular weight is 342 g/mol. The van der Waals surface area contributed by atoms with Gasteiger partial charge in [0.25, 0.3) is 0 Å². The predicted molar refractivity (Wildman–Crippen MR) is 81.6 cm³/mol. The number of hydrogen-bond donors (Lipinski definition) is 1. The Morgan fingerprint density at radius 2 is 2.00 bits per heavy atom. The summed E-state index contributed by atoms with van der Waals surface area (Å²) in [5, 5.41) is 12.1. The van der Waals surface area contributed by atoms with Gasteiger partial charge in [0.1, 0.15) is 12.6 Å². The van der Waals surface area contributed by atoms with E-state index in [0.29, 0.717) is 18.0 Å². The maximum absolute atomic E-state index is 12.7. The van der Waals surface area contributed by atoms with Gasteiger partial charge < -0.3 is 5.32 Å². The zero-order valence-corrected chi connectivity index (χ0v) is 13.4. The summed E-state index contributed by atoms with van der Waals surface area (Å²) in [5.74, 6) is -0.356. The van der Waals surface area contributed by atoms with Crippen LogP contribution in [0.4, 0.5) is 0 Å². The minimum atomic E-state index is -3.94. The first-order valence-electron chi connectivity index (χ1n) is 6.89. The van der Waals surface area contributed by atoms with Gasteiger partial charge >= 0.3 is 0 Å². The maximum atomic E-state index is 12.7. The van der Waals surface area contributed by atoms with Crippen molar-refractivity contribution < 1.29 is 13.2 Å². The van der Waals surface area contributed by atoms with Gasteiger partial charge in [-0.05, 0) is 43.5 Å². The molecule has 1 N–H and O–H groups in total. The molecule has 0 radical (unpaired) electrons. The number of hydrogen-bond acceptors (Lipinski definition) is 4. The zero-order valence-electron chi connectivity index (χ0n) is 11.8. The van der Waals surface area contributed by atoms with E-state index in [9.17, 15) is 13.2 Å². The largest absolute Gasteiger partial charge is 0.355 e. The Hall–Kier alpha value is -1.62. The molecule has 0 aromatic heterocycles. The molecule has 0 spiro atoms. The van der Waals surface area contributed by atoms with Crippen molar-refractivity contribution in [3.05, 3.63) is 29.3 Å². The minimum absolute atomic E-state index is 0.0178. The first kappa shape index (κ1) is 16.7. The van der Waals surface area contributed by atoms with Crippen LogP contribution >= 0.6 is 11.6 Å². The number of rotatable bonds is 4. The van der Waals surface area contributed by atoms with Crippen LogP contribution in [-0.4, -0.2) is 37.8 Å². The van der Waals surface area contributed by atoms with Gasteiger partial charge in [0.05, 0.1) is 11.0 Å². The standard InChI is InChI=1S/C14H16ClN3O3S/c15-11-4-6-12(7-5-11)22(20,21)18(10-8-16)13-3-1-2-9-17-14(13)19/h4-7,13H,1-3,9-10H2,(H,17,19). The van der Waals surface area contributed by atoms with Crippen LogP contribution in [0.1, 0.15) is 19.3 Å². The van der Waals surface area contributed by atoms with Crippen molar-refractivity contribution in [2.24, 2.45) is 0 Å².